The largest absolute Gasteiger partial charge is 0.457 e. The van der Waals surface area contributed by atoms with Gasteiger partial charge in [-0.1, -0.05) is 36.4 Å². The molecule has 3 aromatic rings. The molecule has 1 heterocycles. The number of hydrogen-bond donors (Lipinski definition) is 1. The van der Waals surface area contributed by atoms with Crippen LogP contribution in [0.5, 0.6) is 11.5 Å². The van der Waals surface area contributed by atoms with Crippen LogP contribution in [0.2, 0.25) is 0 Å². The Hall–Kier alpha value is -3.12. The van der Waals surface area contributed by atoms with Crippen LogP contribution in [0.3, 0.4) is 0 Å². The van der Waals surface area contributed by atoms with Crippen LogP contribution in [0.25, 0.3) is 0 Å². The summed E-state index contributed by atoms with van der Waals surface area (Å²) in [7, 11) is 1.62. The minimum atomic E-state index is -0.211. The Labute approximate surface area is 162 Å². The fourth-order valence-corrected chi connectivity index (χ4v) is 3.19. The number of thiophene rings is 1. The van der Waals surface area contributed by atoms with Gasteiger partial charge in [0.1, 0.15) is 11.5 Å². The van der Waals surface area contributed by atoms with Crippen molar-refractivity contribution in [1.29, 1.82) is 0 Å². The minimum absolute atomic E-state index is 0.0109. The lowest BCUT2D eigenvalue weighted by atomic mass is 10.2. The van der Waals surface area contributed by atoms with Crippen LogP contribution in [-0.4, -0.2) is 30.3 Å². The molecule has 27 heavy (non-hydrogen) atoms. The highest BCUT2D eigenvalue weighted by Crippen LogP contribution is 2.21. The number of para-hydroxylation sites is 1. The first-order valence-electron chi connectivity index (χ1n) is 8.49. The number of benzene rings is 2. The number of ether oxygens (including phenoxy) is 1. The van der Waals surface area contributed by atoms with Gasteiger partial charge >= 0.3 is 0 Å². The molecule has 0 aliphatic carbocycles. The monoisotopic (exact) mass is 380 g/mol. The molecule has 1 aromatic heterocycles. The zero-order valence-electron chi connectivity index (χ0n) is 14.9. The number of amides is 2. The third-order valence-electron chi connectivity index (χ3n) is 3.83. The van der Waals surface area contributed by atoms with Gasteiger partial charge in [0.25, 0.3) is 5.91 Å². The van der Waals surface area contributed by atoms with Crippen molar-refractivity contribution in [1.82, 2.24) is 10.2 Å². The van der Waals surface area contributed by atoms with Gasteiger partial charge in [-0.05, 0) is 41.3 Å². The number of nitrogens with one attached hydrogen (secondary N) is 1. The maximum atomic E-state index is 12.2. The third-order valence-corrected chi connectivity index (χ3v) is 4.68. The summed E-state index contributed by atoms with van der Waals surface area (Å²) in [5.74, 6) is 1.10. The van der Waals surface area contributed by atoms with Crippen LogP contribution in [0.1, 0.15) is 15.2 Å². The lowest BCUT2D eigenvalue weighted by Gasteiger charge is -2.16. The highest BCUT2D eigenvalue weighted by atomic mass is 32.1. The average molecular weight is 380 g/mol. The van der Waals surface area contributed by atoms with E-state index < -0.39 is 0 Å². The molecule has 2 aromatic carbocycles. The second kappa shape index (κ2) is 9.00. The summed E-state index contributed by atoms with van der Waals surface area (Å²) in [5, 5.41) is 4.68. The SMILES string of the molecule is CN(CC(=O)NCc1cccc(Oc2ccccc2)c1)C(=O)c1cccs1. The maximum absolute atomic E-state index is 12.2. The highest BCUT2D eigenvalue weighted by molar-refractivity contribution is 7.12. The van der Waals surface area contributed by atoms with E-state index in [1.54, 1.807) is 13.1 Å². The van der Waals surface area contributed by atoms with Crippen molar-refractivity contribution in [3.63, 3.8) is 0 Å². The second-order valence-corrected chi connectivity index (χ2v) is 6.93. The average Bonchev–Trinajstić information content (AvgIpc) is 3.21. The Morgan fingerprint density at radius 1 is 1.00 bits per heavy atom. The summed E-state index contributed by atoms with van der Waals surface area (Å²) in [5.41, 5.74) is 0.920. The number of rotatable bonds is 7. The van der Waals surface area contributed by atoms with Crippen molar-refractivity contribution in [2.75, 3.05) is 13.6 Å². The van der Waals surface area contributed by atoms with Crippen molar-refractivity contribution >= 4 is 23.2 Å². The van der Waals surface area contributed by atoms with E-state index in [2.05, 4.69) is 5.32 Å². The molecule has 3 rings (SSSR count). The van der Waals surface area contributed by atoms with E-state index in [9.17, 15) is 9.59 Å². The first kappa shape index (κ1) is 18.7. The molecule has 2 amide bonds. The van der Waals surface area contributed by atoms with Crippen LogP contribution in [0.15, 0.2) is 72.1 Å². The van der Waals surface area contributed by atoms with Gasteiger partial charge in [0.15, 0.2) is 0 Å². The standard InChI is InChI=1S/C21H20N2O3S/c1-23(21(25)19-11-6-12-27-19)15-20(24)22-14-16-7-5-10-18(13-16)26-17-8-3-2-4-9-17/h2-13H,14-15H2,1H3,(H,22,24). The molecule has 0 saturated heterocycles. The van der Waals surface area contributed by atoms with Gasteiger partial charge < -0.3 is 15.0 Å². The van der Waals surface area contributed by atoms with Gasteiger partial charge in [-0.3, -0.25) is 9.59 Å². The molecular weight excluding hydrogens is 360 g/mol. The van der Waals surface area contributed by atoms with Crippen LogP contribution >= 0.6 is 11.3 Å². The molecule has 0 unspecified atom stereocenters. The fourth-order valence-electron chi connectivity index (χ4n) is 2.48. The molecular formula is C21H20N2O3S. The smallest absolute Gasteiger partial charge is 0.264 e. The van der Waals surface area contributed by atoms with Crippen molar-refractivity contribution in [2.24, 2.45) is 0 Å². The highest BCUT2D eigenvalue weighted by Gasteiger charge is 2.15. The lowest BCUT2D eigenvalue weighted by Crippen LogP contribution is -2.37. The van der Waals surface area contributed by atoms with Crippen LogP contribution in [0.4, 0.5) is 0 Å². The summed E-state index contributed by atoms with van der Waals surface area (Å²) in [6.45, 7) is 0.378. The summed E-state index contributed by atoms with van der Waals surface area (Å²) in [6, 6.07) is 20.6. The topological polar surface area (TPSA) is 58.6 Å². The fraction of sp³-hybridized carbons (Fsp3) is 0.143. The summed E-state index contributed by atoms with van der Waals surface area (Å²) < 4.78 is 5.80. The van der Waals surface area contributed by atoms with E-state index in [4.69, 9.17) is 4.74 Å². The van der Waals surface area contributed by atoms with Crippen molar-refractivity contribution in [2.45, 2.75) is 6.54 Å². The Morgan fingerprint density at radius 2 is 1.78 bits per heavy atom. The molecule has 0 saturated carbocycles. The van der Waals surface area contributed by atoms with Crippen LogP contribution < -0.4 is 10.1 Å². The van der Waals surface area contributed by atoms with Crippen molar-refractivity contribution < 1.29 is 14.3 Å². The Balaban J connectivity index is 1.51. The molecule has 0 aliphatic rings. The van der Waals surface area contributed by atoms with Gasteiger partial charge in [-0.15, -0.1) is 11.3 Å². The maximum Gasteiger partial charge on any atom is 0.264 e. The summed E-state index contributed by atoms with van der Waals surface area (Å²) in [4.78, 5) is 26.4. The molecule has 0 atom stereocenters. The van der Waals surface area contributed by atoms with Gasteiger partial charge in [0.2, 0.25) is 5.91 Å². The van der Waals surface area contributed by atoms with E-state index in [1.807, 2.05) is 66.0 Å². The first-order valence-corrected chi connectivity index (χ1v) is 9.37. The van der Waals surface area contributed by atoms with Gasteiger partial charge in [0.05, 0.1) is 11.4 Å². The van der Waals surface area contributed by atoms with Gasteiger partial charge in [0, 0.05) is 13.6 Å². The molecule has 138 valence electrons. The molecule has 0 spiro atoms. The molecule has 1 N–H and O–H groups in total. The van der Waals surface area contributed by atoms with E-state index >= 15 is 0 Å². The number of likely N-dealkylation sites (N-methyl/N-ethyl adjacent to an activating group) is 1. The molecule has 0 fully saturated rings. The van der Waals surface area contributed by atoms with E-state index in [0.717, 1.165) is 11.3 Å². The Bertz CT molecular complexity index is 895. The first-order chi connectivity index (χ1) is 13.1. The quantitative estimate of drug-likeness (QED) is 0.676. The Morgan fingerprint density at radius 3 is 2.52 bits per heavy atom. The molecule has 5 nitrogen and oxygen atoms in total. The zero-order valence-corrected chi connectivity index (χ0v) is 15.7. The molecule has 0 aliphatic heterocycles. The number of carbonyl (C=O) groups is 2. The second-order valence-electron chi connectivity index (χ2n) is 5.98. The Kier molecular flexibility index (Phi) is 6.22. The van der Waals surface area contributed by atoms with Crippen LogP contribution in [0, 0.1) is 0 Å². The predicted molar refractivity (Wildman–Crippen MR) is 106 cm³/mol. The van der Waals surface area contributed by atoms with Crippen molar-refractivity contribution in [3.8, 4) is 11.5 Å². The molecule has 0 radical (unpaired) electrons. The van der Waals surface area contributed by atoms with E-state index in [-0.39, 0.29) is 18.4 Å². The molecule has 0 bridgehead atoms. The van der Waals surface area contributed by atoms with Crippen molar-refractivity contribution in [3.05, 3.63) is 82.6 Å². The number of carbonyl (C=O) groups excluding carboxylic acids is 2. The zero-order chi connectivity index (χ0) is 19.1. The summed E-state index contributed by atoms with van der Waals surface area (Å²) in [6.07, 6.45) is 0. The predicted octanol–water partition coefficient (Wildman–Crippen LogP) is 3.93. The van der Waals surface area contributed by atoms with E-state index in [1.165, 1.54) is 16.2 Å². The summed E-state index contributed by atoms with van der Waals surface area (Å²) >= 11 is 1.36. The van der Waals surface area contributed by atoms with Gasteiger partial charge in [-0.2, -0.15) is 0 Å². The van der Waals surface area contributed by atoms with Gasteiger partial charge in [-0.25, -0.2) is 0 Å². The van der Waals surface area contributed by atoms with E-state index in [0.29, 0.717) is 17.2 Å². The normalized spacial score (nSPS) is 10.3. The van der Waals surface area contributed by atoms with Crippen LogP contribution in [-0.2, 0) is 11.3 Å². The molecule has 6 heteroatoms. The number of hydrogen-bond acceptors (Lipinski definition) is 4. The number of nitrogens with zero attached hydrogens (tertiary/aromatic N) is 1. The lowest BCUT2D eigenvalue weighted by molar-refractivity contribution is -0.121. The minimum Gasteiger partial charge on any atom is -0.457 e. The third kappa shape index (κ3) is 5.43.